The number of nitrogens with one attached hydrogen (secondary N) is 1. The van der Waals surface area contributed by atoms with E-state index in [1.165, 1.54) is 4.90 Å². The third kappa shape index (κ3) is 2.94. The fourth-order valence-electron chi connectivity index (χ4n) is 5.33. The molecule has 1 heterocycles. The number of carbonyl (C=O) groups is 3. The molecule has 4 atom stereocenters. The molecule has 3 aliphatic carbocycles. The van der Waals surface area contributed by atoms with Crippen LogP contribution in [0.1, 0.15) is 23.2 Å². The van der Waals surface area contributed by atoms with Gasteiger partial charge in [-0.2, -0.15) is 0 Å². The zero-order valence-electron chi connectivity index (χ0n) is 17.6. The molecule has 0 saturated heterocycles. The molecule has 0 spiro atoms. The molecule has 1 saturated carbocycles. The van der Waals surface area contributed by atoms with Crippen LogP contribution in [0.4, 0.5) is 0 Å². The number of hydrogen-bond acceptors (Lipinski definition) is 8. The number of hydrogen-bond donors (Lipinski definition) is 5. The standard InChI is InChI=1S/C21H23N3O7.ClH/c1-7-4-8-5-9-6-10-14(24(2)3)16(26)13(19(22)29)18(28)21(10,31)17(27)11(9)15(25)12(8)20(30)23-7;/h4,9-10,14,25,28,31H,5-6H2,1-3H3,(H2,22,29)(H,23,30);1H/t9-,10-,14-,21-;/m0./s1. The summed E-state index contributed by atoms with van der Waals surface area (Å²) in [6.07, 6.45) is 0.289. The van der Waals surface area contributed by atoms with Crippen molar-refractivity contribution in [2.24, 2.45) is 17.6 Å². The lowest BCUT2D eigenvalue weighted by Gasteiger charge is -2.50. The van der Waals surface area contributed by atoms with Gasteiger partial charge >= 0.3 is 0 Å². The lowest BCUT2D eigenvalue weighted by Crippen LogP contribution is -2.65. The van der Waals surface area contributed by atoms with E-state index >= 15 is 0 Å². The zero-order valence-corrected chi connectivity index (χ0v) is 18.4. The highest BCUT2D eigenvalue weighted by molar-refractivity contribution is 6.24. The van der Waals surface area contributed by atoms with E-state index in [-0.39, 0.29) is 36.4 Å². The Bertz CT molecular complexity index is 1180. The van der Waals surface area contributed by atoms with Crippen LogP contribution in [-0.4, -0.2) is 68.4 Å². The highest BCUT2D eigenvalue weighted by Crippen LogP contribution is 2.51. The number of likely N-dealkylation sites (N-methyl/N-ethyl adjacent to an activating group) is 1. The monoisotopic (exact) mass is 465 g/mol. The first-order chi connectivity index (χ1) is 14.4. The molecule has 0 bridgehead atoms. The maximum atomic E-state index is 13.5. The van der Waals surface area contributed by atoms with Gasteiger partial charge in [0.25, 0.3) is 11.5 Å². The Balaban J connectivity index is 0.00000289. The van der Waals surface area contributed by atoms with E-state index in [4.69, 9.17) is 5.73 Å². The van der Waals surface area contributed by atoms with Gasteiger partial charge < -0.3 is 26.0 Å². The van der Waals surface area contributed by atoms with Crippen molar-refractivity contribution < 1.29 is 29.7 Å². The zero-order chi connectivity index (χ0) is 23.0. The number of nitrogens with zero attached hydrogens (tertiary/aromatic N) is 1. The number of primary amides is 1. The maximum Gasteiger partial charge on any atom is 0.259 e. The molecule has 1 aromatic rings. The molecular formula is C21H24ClN3O7. The van der Waals surface area contributed by atoms with E-state index in [1.807, 2.05) is 0 Å². The third-order valence-corrected chi connectivity index (χ3v) is 6.58. The van der Waals surface area contributed by atoms with Crippen LogP contribution in [0, 0.1) is 18.8 Å². The number of fused-ring (bicyclic) bond motifs is 3. The summed E-state index contributed by atoms with van der Waals surface area (Å²) in [6, 6.07) is 0.603. The second kappa shape index (κ2) is 7.58. The number of aryl methyl sites for hydroxylation is 1. The number of pyridine rings is 1. The number of nitrogens with two attached hydrogens (primary N) is 1. The predicted octanol–water partition coefficient (Wildman–Crippen LogP) is -0.323. The molecule has 32 heavy (non-hydrogen) atoms. The van der Waals surface area contributed by atoms with Gasteiger partial charge in [0, 0.05) is 17.2 Å². The summed E-state index contributed by atoms with van der Waals surface area (Å²) in [7, 11) is 3.10. The van der Waals surface area contributed by atoms with Gasteiger partial charge in [-0.25, -0.2) is 0 Å². The second-order valence-electron chi connectivity index (χ2n) is 8.64. The number of aliphatic hydroxyl groups excluding tert-OH is 2. The third-order valence-electron chi connectivity index (χ3n) is 6.58. The Morgan fingerprint density at radius 2 is 1.88 bits per heavy atom. The van der Waals surface area contributed by atoms with Crippen molar-refractivity contribution in [3.05, 3.63) is 50.1 Å². The minimum atomic E-state index is -2.64. The lowest BCUT2D eigenvalue weighted by atomic mass is 9.57. The van der Waals surface area contributed by atoms with Crippen LogP contribution in [-0.2, 0) is 20.8 Å². The average Bonchev–Trinajstić information content (AvgIpc) is 2.63. The van der Waals surface area contributed by atoms with E-state index in [2.05, 4.69) is 4.98 Å². The van der Waals surface area contributed by atoms with Crippen molar-refractivity contribution in [3.63, 3.8) is 0 Å². The smallest absolute Gasteiger partial charge is 0.259 e. The first-order valence-corrected chi connectivity index (χ1v) is 9.78. The molecule has 10 nitrogen and oxygen atoms in total. The average molecular weight is 466 g/mol. The molecule has 6 N–H and O–H groups in total. The second-order valence-corrected chi connectivity index (χ2v) is 8.64. The van der Waals surface area contributed by atoms with Gasteiger partial charge in [-0.05, 0) is 51.4 Å². The number of halogens is 1. The lowest BCUT2D eigenvalue weighted by molar-refractivity contribution is -0.153. The normalized spacial score (nSPS) is 29.3. The Hall–Kier alpha value is -2.95. The summed E-state index contributed by atoms with van der Waals surface area (Å²) in [6.45, 7) is 1.69. The minimum absolute atomic E-state index is 0. The highest BCUT2D eigenvalue weighted by atomic mass is 35.5. The Labute approximate surface area is 188 Å². The Morgan fingerprint density at radius 3 is 2.44 bits per heavy atom. The van der Waals surface area contributed by atoms with Crippen LogP contribution in [0.5, 0.6) is 0 Å². The molecule has 172 valence electrons. The number of H-pyrrole nitrogens is 1. The minimum Gasteiger partial charge on any atom is -0.508 e. The quantitative estimate of drug-likeness (QED) is 0.369. The largest absolute Gasteiger partial charge is 0.508 e. The molecule has 3 aliphatic rings. The summed E-state index contributed by atoms with van der Waals surface area (Å²) in [5, 5.41) is 33.0. The van der Waals surface area contributed by atoms with Gasteiger partial charge in [-0.3, -0.25) is 24.1 Å². The summed E-state index contributed by atoms with van der Waals surface area (Å²) in [5.41, 5.74) is 2.07. The van der Waals surface area contributed by atoms with Crippen LogP contribution in [0.25, 0.3) is 5.76 Å². The van der Waals surface area contributed by atoms with Crippen LogP contribution in [0.15, 0.2) is 27.8 Å². The van der Waals surface area contributed by atoms with Crippen molar-refractivity contribution >= 4 is 35.6 Å². The van der Waals surface area contributed by atoms with Gasteiger partial charge in [0.1, 0.15) is 17.1 Å². The van der Waals surface area contributed by atoms with Gasteiger partial charge in [0.05, 0.1) is 11.6 Å². The van der Waals surface area contributed by atoms with Crippen LogP contribution >= 0.6 is 12.4 Å². The molecular weight excluding hydrogens is 442 g/mol. The highest BCUT2D eigenvalue weighted by Gasteiger charge is 2.64. The fourth-order valence-corrected chi connectivity index (χ4v) is 5.33. The van der Waals surface area contributed by atoms with Gasteiger partial charge in [-0.1, -0.05) is 0 Å². The summed E-state index contributed by atoms with van der Waals surface area (Å²) < 4.78 is 0. The molecule has 0 aromatic carbocycles. The summed E-state index contributed by atoms with van der Waals surface area (Å²) in [5.74, 6) is -6.46. The number of rotatable bonds is 2. The number of aromatic nitrogens is 1. The molecule has 4 rings (SSSR count). The van der Waals surface area contributed by atoms with Crippen LogP contribution in [0.2, 0.25) is 0 Å². The van der Waals surface area contributed by atoms with E-state index < -0.39 is 63.6 Å². The molecule has 11 heteroatoms. The molecule has 1 aromatic heterocycles. The van der Waals surface area contributed by atoms with Crippen molar-refractivity contribution in [3.8, 4) is 0 Å². The Kier molecular flexibility index (Phi) is 5.61. The molecule has 1 amide bonds. The number of aromatic amines is 1. The summed E-state index contributed by atoms with van der Waals surface area (Å²) >= 11 is 0. The number of carbonyl (C=O) groups excluding carboxylic acids is 3. The van der Waals surface area contributed by atoms with E-state index in [1.54, 1.807) is 27.1 Å². The van der Waals surface area contributed by atoms with Crippen LogP contribution in [0.3, 0.4) is 0 Å². The van der Waals surface area contributed by atoms with E-state index in [9.17, 15) is 34.5 Å². The van der Waals surface area contributed by atoms with Crippen LogP contribution < -0.4 is 11.3 Å². The van der Waals surface area contributed by atoms with Crippen molar-refractivity contribution in [2.45, 2.75) is 31.4 Å². The van der Waals surface area contributed by atoms with E-state index in [0.29, 0.717) is 11.3 Å². The first-order valence-electron chi connectivity index (χ1n) is 9.78. The molecule has 0 radical (unpaired) electrons. The van der Waals surface area contributed by atoms with Crippen molar-refractivity contribution in [1.29, 1.82) is 0 Å². The number of ketones is 2. The fraction of sp³-hybridized carbons (Fsp3) is 0.429. The molecule has 0 aliphatic heterocycles. The SMILES string of the molecule is Cc1cc2c(c(=O)[nH]1)C(O)=C1C(=O)[C@]3(O)C(O)=C(C(N)=O)C(=O)[C@@H](N(C)C)[C@@H]3C[C@@H]1C2.Cl. The van der Waals surface area contributed by atoms with Gasteiger partial charge in [0.2, 0.25) is 5.78 Å². The summed E-state index contributed by atoms with van der Waals surface area (Å²) in [4.78, 5) is 54.8. The molecule has 0 unspecified atom stereocenters. The Morgan fingerprint density at radius 1 is 1.25 bits per heavy atom. The number of aliphatic hydroxyl groups is 3. The number of Topliss-reactive ketones (excluding diaryl/α,β-unsaturated/α-hetero) is 2. The number of amides is 1. The first kappa shape index (κ1) is 23.7. The van der Waals surface area contributed by atoms with Gasteiger partial charge in [0.15, 0.2) is 11.4 Å². The van der Waals surface area contributed by atoms with Crippen molar-refractivity contribution in [2.75, 3.05) is 14.1 Å². The predicted molar refractivity (Wildman–Crippen MR) is 115 cm³/mol. The van der Waals surface area contributed by atoms with Gasteiger partial charge in [-0.15, -0.1) is 12.4 Å². The van der Waals surface area contributed by atoms with Crippen molar-refractivity contribution in [1.82, 2.24) is 9.88 Å². The topological polar surface area (TPSA) is 174 Å². The maximum absolute atomic E-state index is 13.5. The van der Waals surface area contributed by atoms with E-state index in [0.717, 1.165) is 0 Å². The molecule has 1 fully saturated rings.